The lowest BCUT2D eigenvalue weighted by Crippen LogP contribution is -2.43. The molecule has 0 bridgehead atoms. The van der Waals surface area contributed by atoms with E-state index in [1.54, 1.807) is 0 Å². The summed E-state index contributed by atoms with van der Waals surface area (Å²) in [6.45, 7) is 3.94. The van der Waals surface area contributed by atoms with E-state index >= 15 is 0 Å². The molecule has 1 aromatic rings. The van der Waals surface area contributed by atoms with Gasteiger partial charge in [-0.2, -0.15) is 0 Å². The molecule has 2 atom stereocenters. The predicted octanol–water partition coefficient (Wildman–Crippen LogP) is 2.48. The van der Waals surface area contributed by atoms with Crippen LogP contribution in [0.25, 0.3) is 0 Å². The van der Waals surface area contributed by atoms with Gasteiger partial charge in [-0.25, -0.2) is 0 Å². The fourth-order valence-electron chi connectivity index (χ4n) is 2.57. The number of nitrogens with one attached hydrogen (secondary N) is 1. The molecule has 2 unspecified atom stereocenters. The number of nitrogens with zero attached hydrogens (tertiary/aromatic N) is 1. The van der Waals surface area contributed by atoms with Crippen LogP contribution >= 0.6 is 15.9 Å². The molecule has 0 spiro atoms. The van der Waals surface area contributed by atoms with E-state index in [-0.39, 0.29) is 17.9 Å². The standard InChI is InChI=1S/C15H21BrN2O2/c1-11(19)12-3-2-8-18(9-12)10-15(20)17-14-6-4-13(16)5-7-14/h4-7,11-12,19H,2-3,8-10H2,1H3,(H,17,20). The zero-order valence-electron chi connectivity index (χ0n) is 11.7. The fourth-order valence-corrected chi connectivity index (χ4v) is 2.83. The van der Waals surface area contributed by atoms with Crippen molar-refractivity contribution in [2.75, 3.05) is 25.0 Å². The predicted molar refractivity (Wildman–Crippen MR) is 83.6 cm³/mol. The third-order valence-electron chi connectivity index (χ3n) is 3.72. The number of anilines is 1. The summed E-state index contributed by atoms with van der Waals surface area (Å²) in [4.78, 5) is 14.1. The van der Waals surface area contributed by atoms with Crippen molar-refractivity contribution < 1.29 is 9.90 Å². The zero-order chi connectivity index (χ0) is 14.5. The number of carbonyl (C=O) groups is 1. The number of benzene rings is 1. The van der Waals surface area contributed by atoms with Gasteiger partial charge in [-0.3, -0.25) is 9.69 Å². The monoisotopic (exact) mass is 340 g/mol. The number of aliphatic hydroxyl groups excluding tert-OH is 1. The second-order valence-corrected chi connectivity index (χ2v) is 6.35. The lowest BCUT2D eigenvalue weighted by Gasteiger charge is -2.33. The summed E-state index contributed by atoms with van der Waals surface area (Å²) in [5.41, 5.74) is 0.808. The maximum absolute atomic E-state index is 12.0. The van der Waals surface area contributed by atoms with Gasteiger partial charge in [0.25, 0.3) is 0 Å². The van der Waals surface area contributed by atoms with E-state index in [0.29, 0.717) is 6.54 Å². The van der Waals surface area contributed by atoms with Crippen LogP contribution in [-0.4, -0.2) is 41.7 Å². The topological polar surface area (TPSA) is 52.6 Å². The number of amides is 1. The van der Waals surface area contributed by atoms with E-state index in [4.69, 9.17) is 0 Å². The van der Waals surface area contributed by atoms with E-state index in [0.717, 1.165) is 36.1 Å². The quantitative estimate of drug-likeness (QED) is 0.885. The van der Waals surface area contributed by atoms with E-state index < -0.39 is 0 Å². The van der Waals surface area contributed by atoms with Gasteiger partial charge in [0.1, 0.15) is 0 Å². The highest BCUT2D eigenvalue weighted by molar-refractivity contribution is 9.10. The summed E-state index contributed by atoms with van der Waals surface area (Å²) in [5.74, 6) is 0.280. The minimum Gasteiger partial charge on any atom is -0.393 e. The largest absolute Gasteiger partial charge is 0.393 e. The third kappa shape index (κ3) is 4.58. The third-order valence-corrected chi connectivity index (χ3v) is 4.25. The fraction of sp³-hybridized carbons (Fsp3) is 0.533. The Bertz CT molecular complexity index is 448. The Balaban J connectivity index is 1.83. The molecule has 5 heteroatoms. The molecule has 0 aliphatic carbocycles. The molecular weight excluding hydrogens is 320 g/mol. The van der Waals surface area contributed by atoms with Gasteiger partial charge in [0.2, 0.25) is 5.91 Å². The highest BCUT2D eigenvalue weighted by Crippen LogP contribution is 2.19. The van der Waals surface area contributed by atoms with Gasteiger partial charge in [-0.15, -0.1) is 0 Å². The Hall–Kier alpha value is -0.910. The van der Waals surface area contributed by atoms with Crippen LogP contribution in [0.3, 0.4) is 0 Å². The molecule has 1 fully saturated rings. The molecule has 0 saturated carbocycles. The molecule has 20 heavy (non-hydrogen) atoms. The average Bonchev–Trinajstić information content (AvgIpc) is 2.41. The van der Waals surface area contributed by atoms with Crippen molar-refractivity contribution in [2.24, 2.45) is 5.92 Å². The highest BCUT2D eigenvalue weighted by atomic mass is 79.9. The molecule has 110 valence electrons. The van der Waals surface area contributed by atoms with Crippen molar-refractivity contribution >= 4 is 27.5 Å². The lowest BCUT2D eigenvalue weighted by atomic mass is 9.93. The Labute approximate surface area is 128 Å². The zero-order valence-corrected chi connectivity index (χ0v) is 13.3. The van der Waals surface area contributed by atoms with Crippen LogP contribution in [0.1, 0.15) is 19.8 Å². The molecule has 0 radical (unpaired) electrons. The molecule has 1 aliphatic rings. The smallest absolute Gasteiger partial charge is 0.238 e. The van der Waals surface area contributed by atoms with Crippen LogP contribution < -0.4 is 5.32 Å². The Morgan fingerprint density at radius 2 is 2.20 bits per heavy atom. The maximum Gasteiger partial charge on any atom is 0.238 e. The second kappa shape index (κ2) is 7.20. The number of halogens is 1. The molecule has 1 aliphatic heterocycles. The minimum absolute atomic E-state index is 0.00133. The second-order valence-electron chi connectivity index (χ2n) is 5.43. The lowest BCUT2D eigenvalue weighted by molar-refractivity contribution is -0.118. The number of rotatable bonds is 4. The molecule has 1 heterocycles. The number of piperidine rings is 1. The van der Waals surface area contributed by atoms with E-state index in [2.05, 4.69) is 26.1 Å². The van der Waals surface area contributed by atoms with Crippen LogP contribution in [0.15, 0.2) is 28.7 Å². The number of hydrogen-bond acceptors (Lipinski definition) is 3. The number of likely N-dealkylation sites (tertiary alicyclic amines) is 1. The summed E-state index contributed by atoms with van der Waals surface area (Å²) < 4.78 is 0.992. The molecule has 1 aromatic carbocycles. The molecule has 0 aromatic heterocycles. The van der Waals surface area contributed by atoms with Gasteiger partial charge in [0.05, 0.1) is 12.6 Å². The van der Waals surface area contributed by atoms with Gasteiger partial charge in [-0.05, 0) is 56.5 Å². The van der Waals surface area contributed by atoms with Gasteiger partial charge in [0.15, 0.2) is 0 Å². The maximum atomic E-state index is 12.0. The van der Waals surface area contributed by atoms with E-state index in [1.807, 2.05) is 31.2 Å². The van der Waals surface area contributed by atoms with Crippen molar-refractivity contribution in [3.63, 3.8) is 0 Å². The normalized spacial score (nSPS) is 21.4. The summed E-state index contributed by atoms with van der Waals surface area (Å²) >= 11 is 3.37. The SMILES string of the molecule is CC(O)C1CCCN(CC(=O)Nc2ccc(Br)cc2)C1. The van der Waals surface area contributed by atoms with E-state index in [9.17, 15) is 9.90 Å². The van der Waals surface area contributed by atoms with Crippen molar-refractivity contribution in [2.45, 2.75) is 25.9 Å². The Morgan fingerprint density at radius 1 is 1.50 bits per heavy atom. The van der Waals surface area contributed by atoms with Crippen molar-refractivity contribution in [1.82, 2.24) is 4.90 Å². The summed E-state index contributed by atoms with van der Waals surface area (Å²) in [6, 6.07) is 7.55. The number of hydrogen-bond donors (Lipinski definition) is 2. The minimum atomic E-state index is -0.299. The summed E-state index contributed by atoms with van der Waals surface area (Å²) in [6.07, 6.45) is 1.79. The van der Waals surface area contributed by atoms with Crippen LogP contribution in [0.2, 0.25) is 0 Å². The van der Waals surface area contributed by atoms with Crippen molar-refractivity contribution in [3.05, 3.63) is 28.7 Å². The van der Waals surface area contributed by atoms with Crippen LogP contribution in [0.5, 0.6) is 0 Å². The first-order valence-electron chi connectivity index (χ1n) is 7.00. The first kappa shape index (κ1) is 15.5. The molecular formula is C15H21BrN2O2. The van der Waals surface area contributed by atoms with Gasteiger partial charge in [0, 0.05) is 16.7 Å². The molecule has 1 saturated heterocycles. The van der Waals surface area contributed by atoms with Crippen molar-refractivity contribution in [3.8, 4) is 0 Å². The van der Waals surface area contributed by atoms with Crippen molar-refractivity contribution in [1.29, 1.82) is 0 Å². The summed E-state index contributed by atoms with van der Waals surface area (Å²) in [7, 11) is 0. The molecule has 1 amide bonds. The number of carbonyl (C=O) groups excluding carboxylic acids is 1. The highest BCUT2D eigenvalue weighted by Gasteiger charge is 2.24. The van der Waals surface area contributed by atoms with Crippen LogP contribution in [-0.2, 0) is 4.79 Å². The van der Waals surface area contributed by atoms with Crippen LogP contribution in [0.4, 0.5) is 5.69 Å². The first-order chi connectivity index (χ1) is 9.54. The summed E-state index contributed by atoms with van der Waals surface area (Å²) in [5, 5.41) is 12.6. The first-order valence-corrected chi connectivity index (χ1v) is 7.80. The van der Waals surface area contributed by atoms with Gasteiger partial charge in [-0.1, -0.05) is 15.9 Å². The molecule has 2 rings (SSSR count). The number of aliphatic hydroxyl groups is 1. The molecule has 4 nitrogen and oxygen atoms in total. The van der Waals surface area contributed by atoms with Gasteiger partial charge >= 0.3 is 0 Å². The molecule has 2 N–H and O–H groups in total. The Kier molecular flexibility index (Phi) is 5.57. The average molecular weight is 341 g/mol. The van der Waals surface area contributed by atoms with E-state index in [1.165, 1.54) is 0 Å². The Morgan fingerprint density at radius 3 is 2.85 bits per heavy atom. The van der Waals surface area contributed by atoms with Crippen LogP contribution in [0, 0.1) is 5.92 Å². The van der Waals surface area contributed by atoms with Gasteiger partial charge < -0.3 is 10.4 Å².